The van der Waals surface area contributed by atoms with E-state index < -0.39 is 5.97 Å². The van der Waals surface area contributed by atoms with Gasteiger partial charge in [0.2, 0.25) is 5.91 Å². The molecule has 18 heavy (non-hydrogen) atoms. The van der Waals surface area contributed by atoms with Crippen molar-refractivity contribution in [2.24, 2.45) is 0 Å². The lowest BCUT2D eigenvalue weighted by molar-refractivity contribution is -0.137. The van der Waals surface area contributed by atoms with Crippen LogP contribution in [-0.2, 0) is 9.59 Å². The molecule has 1 heterocycles. The SMILES string of the molecule is CC(CC(=O)O)SCC(=O)N1C(C)CCCC1C. The lowest BCUT2D eigenvalue weighted by atomic mass is 9.98. The molecule has 0 aromatic rings. The smallest absolute Gasteiger partial charge is 0.304 e. The van der Waals surface area contributed by atoms with Crippen LogP contribution in [0.4, 0.5) is 0 Å². The van der Waals surface area contributed by atoms with Crippen LogP contribution < -0.4 is 0 Å². The second-order valence-corrected chi connectivity index (χ2v) is 6.58. The van der Waals surface area contributed by atoms with Crippen molar-refractivity contribution in [2.45, 2.75) is 63.8 Å². The number of hydrogen-bond donors (Lipinski definition) is 1. The van der Waals surface area contributed by atoms with Gasteiger partial charge in [-0.2, -0.15) is 0 Å². The molecule has 1 rings (SSSR count). The van der Waals surface area contributed by atoms with Gasteiger partial charge in [0.1, 0.15) is 0 Å². The van der Waals surface area contributed by atoms with Crippen molar-refractivity contribution in [1.29, 1.82) is 0 Å². The Labute approximate surface area is 113 Å². The molecule has 3 unspecified atom stereocenters. The van der Waals surface area contributed by atoms with Crippen LogP contribution >= 0.6 is 11.8 Å². The Bertz CT molecular complexity index is 299. The maximum Gasteiger partial charge on any atom is 0.304 e. The molecule has 0 aliphatic carbocycles. The van der Waals surface area contributed by atoms with Crippen LogP contribution in [0.15, 0.2) is 0 Å². The fraction of sp³-hybridized carbons (Fsp3) is 0.846. The Morgan fingerprint density at radius 1 is 1.33 bits per heavy atom. The molecular weight excluding hydrogens is 250 g/mol. The quantitative estimate of drug-likeness (QED) is 0.835. The molecule has 3 atom stereocenters. The summed E-state index contributed by atoms with van der Waals surface area (Å²) in [7, 11) is 0. The van der Waals surface area contributed by atoms with E-state index >= 15 is 0 Å². The zero-order valence-corrected chi connectivity index (χ0v) is 12.2. The molecule has 0 bridgehead atoms. The van der Waals surface area contributed by atoms with Crippen LogP contribution in [-0.4, -0.2) is 45.0 Å². The van der Waals surface area contributed by atoms with Crippen LogP contribution in [0.1, 0.15) is 46.5 Å². The van der Waals surface area contributed by atoms with Gasteiger partial charge in [0, 0.05) is 17.3 Å². The standard InChI is InChI=1S/C13H23NO3S/c1-9-5-4-6-10(2)14(9)12(15)8-18-11(3)7-13(16)17/h9-11H,4-8H2,1-3H3,(H,16,17). The Balaban J connectivity index is 2.41. The highest BCUT2D eigenvalue weighted by Crippen LogP contribution is 2.24. The molecule has 4 nitrogen and oxygen atoms in total. The normalized spacial score (nSPS) is 25.8. The molecule has 0 saturated carbocycles. The van der Waals surface area contributed by atoms with Gasteiger partial charge < -0.3 is 10.0 Å². The van der Waals surface area contributed by atoms with Crippen LogP contribution in [0.25, 0.3) is 0 Å². The second kappa shape index (κ2) is 7.02. The molecule has 0 spiro atoms. The number of carboxylic acids is 1. The molecule has 1 amide bonds. The summed E-state index contributed by atoms with van der Waals surface area (Å²) in [5.41, 5.74) is 0. The van der Waals surface area contributed by atoms with E-state index in [1.165, 1.54) is 18.2 Å². The van der Waals surface area contributed by atoms with Crippen LogP contribution in [0.3, 0.4) is 0 Å². The van der Waals surface area contributed by atoms with Crippen molar-refractivity contribution in [3.63, 3.8) is 0 Å². The summed E-state index contributed by atoms with van der Waals surface area (Å²) in [5, 5.41) is 8.66. The van der Waals surface area contributed by atoms with E-state index in [2.05, 4.69) is 13.8 Å². The molecule has 1 saturated heterocycles. The first-order valence-corrected chi connectivity index (χ1v) is 7.61. The van der Waals surface area contributed by atoms with Crippen molar-refractivity contribution in [1.82, 2.24) is 4.90 Å². The number of thioether (sulfide) groups is 1. The van der Waals surface area contributed by atoms with E-state index in [0.717, 1.165) is 12.8 Å². The summed E-state index contributed by atoms with van der Waals surface area (Å²) in [4.78, 5) is 24.7. The molecule has 5 heteroatoms. The van der Waals surface area contributed by atoms with Gasteiger partial charge in [0.25, 0.3) is 0 Å². The van der Waals surface area contributed by atoms with E-state index in [9.17, 15) is 9.59 Å². The second-order valence-electron chi connectivity index (χ2n) is 5.15. The zero-order chi connectivity index (χ0) is 13.7. The van der Waals surface area contributed by atoms with Gasteiger partial charge in [-0.15, -0.1) is 11.8 Å². The van der Waals surface area contributed by atoms with E-state index in [1.807, 2.05) is 11.8 Å². The minimum absolute atomic E-state index is 0.0122. The Hall–Kier alpha value is -0.710. The summed E-state index contributed by atoms with van der Waals surface area (Å²) < 4.78 is 0. The predicted octanol–water partition coefficient (Wildman–Crippen LogP) is 2.37. The van der Waals surface area contributed by atoms with E-state index in [0.29, 0.717) is 17.8 Å². The third kappa shape index (κ3) is 4.52. The maximum atomic E-state index is 12.2. The third-order valence-electron chi connectivity index (χ3n) is 3.43. The first-order chi connectivity index (χ1) is 8.41. The largest absolute Gasteiger partial charge is 0.481 e. The highest BCUT2D eigenvalue weighted by Gasteiger charge is 2.28. The molecule has 1 fully saturated rings. The molecule has 1 N–H and O–H groups in total. The van der Waals surface area contributed by atoms with E-state index in [4.69, 9.17) is 5.11 Å². The first kappa shape index (κ1) is 15.3. The summed E-state index contributed by atoms with van der Waals surface area (Å²) >= 11 is 1.44. The number of carbonyl (C=O) groups excluding carboxylic acids is 1. The summed E-state index contributed by atoms with van der Waals surface area (Å²) in [5.74, 6) is -0.262. The van der Waals surface area contributed by atoms with Crippen LogP contribution in [0.5, 0.6) is 0 Å². The van der Waals surface area contributed by atoms with Gasteiger partial charge in [-0.1, -0.05) is 6.92 Å². The number of piperidine rings is 1. The number of nitrogens with zero attached hydrogens (tertiary/aromatic N) is 1. The molecule has 1 aliphatic heterocycles. The van der Waals surface area contributed by atoms with Crippen molar-refractivity contribution in [3.05, 3.63) is 0 Å². The van der Waals surface area contributed by atoms with Crippen LogP contribution in [0, 0.1) is 0 Å². The molecule has 0 aromatic heterocycles. The number of amides is 1. The number of carbonyl (C=O) groups is 2. The number of likely N-dealkylation sites (tertiary alicyclic amines) is 1. The highest BCUT2D eigenvalue weighted by atomic mass is 32.2. The number of aliphatic carboxylic acids is 1. The first-order valence-electron chi connectivity index (χ1n) is 6.56. The Morgan fingerprint density at radius 2 is 1.89 bits per heavy atom. The fourth-order valence-electron chi connectivity index (χ4n) is 2.51. The summed E-state index contributed by atoms with van der Waals surface area (Å²) in [6.45, 7) is 6.05. The molecule has 104 valence electrons. The van der Waals surface area contributed by atoms with Crippen molar-refractivity contribution in [2.75, 3.05) is 5.75 Å². The summed E-state index contributed by atoms with van der Waals surface area (Å²) in [6.07, 6.45) is 3.45. The molecule has 1 aliphatic rings. The van der Waals surface area contributed by atoms with Gasteiger partial charge in [-0.25, -0.2) is 0 Å². The maximum absolute atomic E-state index is 12.2. The number of carboxylic acid groups (broad SMARTS) is 1. The molecule has 0 radical (unpaired) electrons. The van der Waals surface area contributed by atoms with Gasteiger partial charge in [-0.05, 0) is 33.1 Å². The topological polar surface area (TPSA) is 57.6 Å². The van der Waals surface area contributed by atoms with E-state index in [1.54, 1.807) is 0 Å². The van der Waals surface area contributed by atoms with Gasteiger partial charge >= 0.3 is 5.97 Å². The average Bonchev–Trinajstić information content (AvgIpc) is 2.25. The fourth-order valence-corrected chi connectivity index (χ4v) is 3.34. The van der Waals surface area contributed by atoms with Crippen molar-refractivity contribution >= 4 is 23.6 Å². The van der Waals surface area contributed by atoms with Crippen LogP contribution in [0.2, 0.25) is 0 Å². The molecular formula is C13H23NO3S. The lowest BCUT2D eigenvalue weighted by Crippen LogP contribution is -2.48. The Kier molecular flexibility index (Phi) is 5.99. The van der Waals surface area contributed by atoms with Gasteiger partial charge in [0.05, 0.1) is 12.2 Å². The summed E-state index contributed by atoms with van der Waals surface area (Å²) in [6, 6.07) is 0.633. The highest BCUT2D eigenvalue weighted by molar-refractivity contribution is 8.00. The number of hydrogen-bond acceptors (Lipinski definition) is 3. The molecule has 0 aromatic carbocycles. The minimum Gasteiger partial charge on any atom is -0.481 e. The van der Waals surface area contributed by atoms with Gasteiger partial charge in [-0.3, -0.25) is 9.59 Å². The average molecular weight is 273 g/mol. The minimum atomic E-state index is -0.804. The zero-order valence-electron chi connectivity index (χ0n) is 11.4. The van der Waals surface area contributed by atoms with Crippen molar-refractivity contribution < 1.29 is 14.7 Å². The van der Waals surface area contributed by atoms with E-state index in [-0.39, 0.29) is 17.6 Å². The third-order valence-corrected chi connectivity index (χ3v) is 4.58. The predicted molar refractivity (Wildman–Crippen MR) is 73.8 cm³/mol. The lowest BCUT2D eigenvalue weighted by Gasteiger charge is -2.39. The Morgan fingerprint density at radius 3 is 2.39 bits per heavy atom. The number of rotatable bonds is 5. The van der Waals surface area contributed by atoms with Gasteiger partial charge in [0.15, 0.2) is 0 Å². The monoisotopic (exact) mass is 273 g/mol. The van der Waals surface area contributed by atoms with Crippen molar-refractivity contribution in [3.8, 4) is 0 Å².